The maximum absolute atomic E-state index is 11.3. The molecule has 20 heavy (non-hydrogen) atoms. The van der Waals surface area contributed by atoms with Crippen molar-refractivity contribution in [3.05, 3.63) is 65.6 Å². The fraction of sp³-hybridized carbons (Fsp3) is 0.125. The smallest absolute Gasteiger partial charge is 0.337 e. The van der Waals surface area contributed by atoms with Crippen LogP contribution in [-0.4, -0.2) is 20.6 Å². The van der Waals surface area contributed by atoms with E-state index in [1.165, 1.54) is 0 Å². The number of carboxylic acids is 1. The highest BCUT2D eigenvalue weighted by Gasteiger charge is 2.12. The Balaban J connectivity index is 2.07. The molecule has 0 saturated heterocycles. The van der Waals surface area contributed by atoms with E-state index in [4.69, 9.17) is 0 Å². The first kappa shape index (κ1) is 12.4. The lowest BCUT2D eigenvalue weighted by Crippen LogP contribution is -2.04. The zero-order valence-corrected chi connectivity index (χ0v) is 11.1. The molecule has 0 amide bonds. The van der Waals surface area contributed by atoms with Crippen molar-refractivity contribution < 1.29 is 9.90 Å². The average molecular weight is 266 g/mol. The van der Waals surface area contributed by atoms with Crippen LogP contribution in [0.15, 0.2) is 48.8 Å². The van der Waals surface area contributed by atoms with Gasteiger partial charge in [-0.05, 0) is 30.7 Å². The number of carboxylic acid groups (broad SMARTS) is 1. The molecule has 0 unspecified atom stereocenters. The zero-order valence-electron chi connectivity index (χ0n) is 11.1. The summed E-state index contributed by atoms with van der Waals surface area (Å²) in [4.78, 5) is 15.6. The maximum atomic E-state index is 11.3. The third-order valence-corrected chi connectivity index (χ3v) is 3.34. The van der Waals surface area contributed by atoms with E-state index in [2.05, 4.69) is 4.98 Å². The summed E-state index contributed by atoms with van der Waals surface area (Å²) in [5.41, 5.74) is 3.10. The van der Waals surface area contributed by atoms with Gasteiger partial charge in [-0.25, -0.2) is 4.79 Å². The van der Waals surface area contributed by atoms with Crippen LogP contribution < -0.4 is 0 Å². The molecule has 0 radical (unpaired) electrons. The van der Waals surface area contributed by atoms with E-state index in [1.807, 2.05) is 48.1 Å². The lowest BCUT2D eigenvalue weighted by molar-refractivity contribution is 0.0698. The number of benzene rings is 1. The maximum Gasteiger partial charge on any atom is 0.337 e. The van der Waals surface area contributed by atoms with Crippen LogP contribution in [0.5, 0.6) is 0 Å². The average Bonchev–Trinajstić information content (AvgIpc) is 2.84. The fourth-order valence-electron chi connectivity index (χ4n) is 2.35. The van der Waals surface area contributed by atoms with E-state index in [-0.39, 0.29) is 0 Å². The van der Waals surface area contributed by atoms with Crippen molar-refractivity contribution in [3.8, 4) is 0 Å². The lowest BCUT2D eigenvalue weighted by atomic mass is 10.1. The molecule has 2 heterocycles. The van der Waals surface area contributed by atoms with Gasteiger partial charge in [-0.1, -0.05) is 18.2 Å². The number of hydrogen-bond acceptors (Lipinski definition) is 2. The molecule has 0 aliphatic heterocycles. The van der Waals surface area contributed by atoms with Crippen molar-refractivity contribution in [3.63, 3.8) is 0 Å². The van der Waals surface area contributed by atoms with E-state index in [1.54, 1.807) is 12.1 Å². The van der Waals surface area contributed by atoms with E-state index in [9.17, 15) is 9.90 Å². The van der Waals surface area contributed by atoms with Crippen LogP contribution in [0, 0.1) is 6.92 Å². The largest absolute Gasteiger partial charge is 0.478 e. The van der Waals surface area contributed by atoms with Gasteiger partial charge in [0.05, 0.1) is 11.1 Å². The summed E-state index contributed by atoms with van der Waals surface area (Å²) in [6.07, 6.45) is 3.74. The van der Waals surface area contributed by atoms with Crippen molar-refractivity contribution in [1.29, 1.82) is 0 Å². The SMILES string of the molecule is Cc1ccc(Cn2ccc3cccc(C(=O)O)c32)cn1. The number of hydrogen-bond donors (Lipinski definition) is 1. The number of fused-ring (bicyclic) bond motifs is 1. The van der Waals surface area contributed by atoms with Crippen LogP contribution in [0.25, 0.3) is 10.9 Å². The van der Waals surface area contributed by atoms with Gasteiger partial charge in [-0.3, -0.25) is 4.98 Å². The molecule has 3 aromatic rings. The minimum Gasteiger partial charge on any atom is -0.478 e. The lowest BCUT2D eigenvalue weighted by Gasteiger charge is -2.08. The second-order valence-corrected chi connectivity index (χ2v) is 4.80. The zero-order chi connectivity index (χ0) is 14.1. The highest BCUT2D eigenvalue weighted by atomic mass is 16.4. The third-order valence-electron chi connectivity index (χ3n) is 3.34. The number of aryl methyl sites for hydroxylation is 1. The van der Waals surface area contributed by atoms with Crippen molar-refractivity contribution in [1.82, 2.24) is 9.55 Å². The summed E-state index contributed by atoms with van der Waals surface area (Å²) in [6, 6.07) is 11.2. The van der Waals surface area contributed by atoms with Gasteiger partial charge in [-0.15, -0.1) is 0 Å². The van der Waals surface area contributed by atoms with Crippen LogP contribution in [0.1, 0.15) is 21.6 Å². The van der Waals surface area contributed by atoms with E-state index < -0.39 is 5.97 Å². The predicted molar refractivity (Wildman–Crippen MR) is 77.0 cm³/mol. The summed E-state index contributed by atoms with van der Waals surface area (Å²) >= 11 is 0. The standard InChI is InChI=1S/C16H14N2O2/c1-11-5-6-12(9-17-11)10-18-8-7-13-3-2-4-14(15(13)18)16(19)20/h2-9H,10H2,1H3,(H,19,20). The van der Waals surface area contributed by atoms with Crippen LogP contribution in [0.4, 0.5) is 0 Å². The Labute approximate surface area is 116 Å². The number of para-hydroxylation sites is 1. The third kappa shape index (κ3) is 2.16. The molecular weight excluding hydrogens is 252 g/mol. The first-order valence-corrected chi connectivity index (χ1v) is 6.38. The summed E-state index contributed by atoms with van der Waals surface area (Å²) in [5, 5.41) is 10.2. The molecule has 0 spiro atoms. The van der Waals surface area contributed by atoms with Crippen LogP contribution in [0.3, 0.4) is 0 Å². The minimum atomic E-state index is -0.905. The number of rotatable bonds is 3. The van der Waals surface area contributed by atoms with Gasteiger partial charge < -0.3 is 9.67 Å². The van der Waals surface area contributed by atoms with Gasteiger partial charge >= 0.3 is 5.97 Å². The first-order valence-electron chi connectivity index (χ1n) is 6.38. The molecule has 100 valence electrons. The molecule has 0 fully saturated rings. The van der Waals surface area contributed by atoms with E-state index in [0.29, 0.717) is 12.1 Å². The molecule has 0 bridgehead atoms. The number of aromatic carboxylic acids is 1. The molecule has 2 aromatic heterocycles. The summed E-state index contributed by atoms with van der Waals surface area (Å²) < 4.78 is 1.95. The van der Waals surface area contributed by atoms with Gasteiger partial charge in [0.2, 0.25) is 0 Å². The van der Waals surface area contributed by atoms with Crippen molar-refractivity contribution in [2.24, 2.45) is 0 Å². The molecule has 4 heteroatoms. The molecule has 3 rings (SSSR count). The van der Waals surface area contributed by atoms with Crippen LogP contribution in [-0.2, 0) is 6.54 Å². The van der Waals surface area contributed by atoms with Crippen LogP contribution in [0.2, 0.25) is 0 Å². The Hall–Kier alpha value is -2.62. The Morgan fingerprint density at radius 1 is 1.25 bits per heavy atom. The van der Waals surface area contributed by atoms with Gasteiger partial charge in [0.15, 0.2) is 0 Å². The Morgan fingerprint density at radius 2 is 2.10 bits per heavy atom. The van der Waals surface area contributed by atoms with Crippen molar-refractivity contribution >= 4 is 16.9 Å². The summed E-state index contributed by atoms with van der Waals surface area (Å²) in [7, 11) is 0. The monoisotopic (exact) mass is 266 g/mol. The highest BCUT2D eigenvalue weighted by molar-refractivity contribution is 6.02. The number of nitrogens with zero attached hydrogens (tertiary/aromatic N) is 2. The molecule has 0 atom stereocenters. The number of pyridine rings is 1. The summed E-state index contributed by atoms with van der Waals surface area (Å²) in [6.45, 7) is 2.55. The molecular formula is C16H14N2O2. The van der Waals surface area contributed by atoms with E-state index >= 15 is 0 Å². The number of aromatic nitrogens is 2. The molecule has 0 aliphatic carbocycles. The topological polar surface area (TPSA) is 55.1 Å². The minimum absolute atomic E-state index is 0.326. The Bertz CT molecular complexity index is 773. The van der Waals surface area contributed by atoms with Gasteiger partial charge in [0.25, 0.3) is 0 Å². The fourth-order valence-corrected chi connectivity index (χ4v) is 2.35. The number of carbonyl (C=O) groups is 1. The van der Waals surface area contributed by atoms with Crippen molar-refractivity contribution in [2.75, 3.05) is 0 Å². The van der Waals surface area contributed by atoms with Crippen molar-refractivity contribution in [2.45, 2.75) is 13.5 Å². The first-order chi connectivity index (χ1) is 9.65. The van der Waals surface area contributed by atoms with Gasteiger partial charge in [-0.2, -0.15) is 0 Å². The second-order valence-electron chi connectivity index (χ2n) is 4.80. The van der Waals surface area contributed by atoms with Gasteiger partial charge in [0.1, 0.15) is 0 Å². The normalized spacial score (nSPS) is 10.8. The quantitative estimate of drug-likeness (QED) is 0.792. The predicted octanol–water partition coefficient (Wildman–Crippen LogP) is 3.09. The molecule has 0 aliphatic rings. The van der Waals surface area contributed by atoms with Crippen LogP contribution >= 0.6 is 0 Å². The molecule has 1 N–H and O–H groups in total. The second kappa shape index (κ2) is 4.81. The Kier molecular flexibility index (Phi) is 2.99. The Morgan fingerprint density at radius 3 is 2.80 bits per heavy atom. The molecule has 1 aromatic carbocycles. The molecule has 0 saturated carbocycles. The van der Waals surface area contributed by atoms with E-state index in [0.717, 1.165) is 22.2 Å². The highest BCUT2D eigenvalue weighted by Crippen LogP contribution is 2.21. The molecule has 4 nitrogen and oxygen atoms in total. The van der Waals surface area contributed by atoms with Gasteiger partial charge in [0, 0.05) is 30.0 Å². The summed E-state index contributed by atoms with van der Waals surface area (Å²) in [5.74, 6) is -0.905.